The Labute approximate surface area is 121 Å². The van der Waals surface area contributed by atoms with Crippen molar-refractivity contribution in [3.05, 3.63) is 0 Å². The van der Waals surface area contributed by atoms with Gasteiger partial charge in [0.05, 0.1) is 24.2 Å². The maximum absolute atomic E-state index is 10.8. The second kappa shape index (κ2) is 4.07. The van der Waals surface area contributed by atoms with Crippen LogP contribution in [-0.2, 0) is 13.9 Å². The maximum atomic E-state index is 10.8. The van der Waals surface area contributed by atoms with Gasteiger partial charge < -0.3 is 19.0 Å². The highest BCUT2D eigenvalue weighted by molar-refractivity contribution is 6.69. The zero-order chi connectivity index (χ0) is 14.2. The van der Waals surface area contributed by atoms with Crippen LogP contribution in [0.4, 0.5) is 0 Å². The summed E-state index contributed by atoms with van der Waals surface area (Å²) in [5.74, 6) is 0.502. The Balaban J connectivity index is 1.76. The molecule has 0 amide bonds. The monoisotopic (exact) mass is 298 g/mol. The first kappa shape index (κ1) is 13.7. The Morgan fingerprint density at radius 3 is 2.65 bits per heavy atom. The highest BCUT2D eigenvalue weighted by Gasteiger charge is 2.77. The quantitative estimate of drug-likeness (QED) is 0.628. The number of aliphatic hydroxyl groups excluding tert-OH is 1. The Bertz CT molecular complexity index is 417. The minimum Gasteiger partial charge on any atom is -0.414 e. The number of fused-ring (bicyclic) bond motifs is 1. The summed E-state index contributed by atoms with van der Waals surface area (Å²) in [7, 11) is -1.65. The van der Waals surface area contributed by atoms with E-state index in [0.29, 0.717) is 5.92 Å². The van der Waals surface area contributed by atoms with Gasteiger partial charge in [-0.05, 0) is 44.8 Å². The Morgan fingerprint density at radius 1 is 1.25 bits per heavy atom. The minimum atomic E-state index is -1.65. The molecule has 2 bridgehead atoms. The van der Waals surface area contributed by atoms with E-state index in [1.807, 2.05) is 0 Å². The predicted octanol–water partition coefficient (Wildman–Crippen LogP) is 2.27. The van der Waals surface area contributed by atoms with E-state index in [2.05, 4.69) is 19.6 Å². The van der Waals surface area contributed by atoms with Crippen LogP contribution < -0.4 is 0 Å². The normalized spacial score (nSPS) is 54.0. The number of ether oxygens (including phenoxy) is 2. The fourth-order valence-corrected chi connectivity index (χ4v) is 6.40. The summed E-state index contributed by atoms with van der Waals surface area (Å²) >= 11 is 0. The number of aliphatic hydroxyl groups is 1. The molecule has 20 heavy (non-hydrogen) atoms. The van der Waals surface area contributed by atoms with Gasteiger partial charge in [-0.25, -0.2) is 0 Å². The van der Waals surface area contributed by atoms with E-state index < -0.39 is 14.6 Å². The van der Waals surface area contributed by atoms with E-state index in [0.717, 1.165) is 25.9 Å². The smallest absolute Gasteiger partial charge is 0.184 e. The molecule has 3 aliphatic heterocycles. The van der Waals surface area contributed by atoms with E-state index >= 15 is 0 Å². The molecule has 0 unspecified atom stereocenters. The third-order valence-corrected chi connectivity index (χ3v) is 6.83. The van der Waals surface area contributed by atoms with Gasteiger partial charge in [0.25, 0.3) is 0 Å². The molecule has 2 saturated carbocycles. The van der Waals surface area contributed by atoms with Crippen LogP contribution in [0.3, 0.4) is 0 Å². The van der Waals surface area contributed by atoms with Gasteiger partial charge in [0.1, 0.15) is 5.60 Å². The van der Waals surface area contributed by atoms with Crippen LogP contribution in [-0.4, -0.2) is 44.1 Å². The van der Waals surface area contributed by atoms with Crippen molar-refractivity contribution < 1.29 is 19.0 Å². The molecule has 0 aromatic heterocycles. The van der Waals surface area contributed by atoms with Crippen molar-refractivity contribution in [2.75, 3.05) is 6.61 Å². The summed E-state index contributed by atoms with van der Waals surface area (Å²) < 4.78 is 18.4. The van der Waals surface area contributed by atoms with Crippen LogP contribution in [0.5, 0.6) is 0 Å². The van der Waals surface area contributed by atoms with Crippen molar-refractivity contribution in [3.8, 4) is 0 Å². The molecule has 0 aromatic carbocycles. The molecular formula is C15H26O4Si. The molecular weight excluding hydrogens is 272 g/mol. The summed E-state index contributed by atoms with van der Waals surface area (Å²) in [5.41, 5.74) is -0.455. The van der Waals surface area contributed by atoms with Crippen molar-refractivity contribution in [2.45, 2.75) is 75.8 Å². The average molecular weight is 298 g/mol. The van der Waals surface area contributed by atoms with E-state index in [4.69, 9.17) is 13.9 Å². The zero-order valence-electron chi connectivity index (χ0n) is 12.7. The third kappa shape index (κ3) is 1.67. The van der Waals surface area contributed by atoms with E-state index in [9.17, 15) is 5.11 Å². The SMILES string of the molecule is C[Si](C)(C)O[C@H]1CCC[C@H]2C[C@@H]3C[C@@]4(CO4)[C@@]21[C@@H](O)O3. The number of hydrogen-bond donors (Lipinski definition) is 1. The lowest BCUT2D eigenvalue weighted by Gasteiger charge is -2.63. The summed E-state index contributed by atoms with van der Waals surface area (Å²) in [6, 6.07) is 0. The molecule has 3 saturated heterocycles. The third-order valence-electron chi connectivity index (χ3n) is 5.84. The standard InChI is InChI=1S/C15H26O4Si/c1-20(2,3)19-12-6-4-5-10-7-11-8-14(9-17-14)15(10,12)13(16)18-11/h10-13,16H,4-9H2,1-3H3/t10-,11+,12-,13-,14+,15-/m0/s1. The molecule has 0 aromatic rings. The highest BCUT2D eigenvalue weighted by Crippen LogP contribution is 2.68. The Hall–Kier alpha value is 0.0569. The highest BCUT2D eigenvalue weighted by atomic mass is 28.4. The average Bonchev–Trinajstić information content (AvgIpc) is 3.06. The number of epoxide rings is 1. The van der Waals surface area contributed by atoms with Gasteiger partial charge in [0.2, 0.25) is 0 Å². The van der Waals surface area contributed by atoms with E-state index in [1.165, 1.54) is 12.8 Å². The summed E-state index contributed by atoms with van der Waals surface area (Å²) in [4.78, 5) is 0. The largest absolute Gasteiger partial charge is 0.414 e. The molecule has 5 fully saturated rings. The van der Waals surface area contributed by atoms with E-state index in [1.54, 1.807) is 0 Å². The lowest BCUT2D eigenvalue weighted by molar-refractivity contribution is -0.342. The van der Waals surface area contributed by atoms with Crippen molar-refractivity contribution in [1.82, 2.24) is 0 Å². The van der Waals surface area contributed by atoms with Crippen LogP contribution in [0, 0.1) is 11.3 Å². The van der Waals surface area contributed by atoms with Crippen molar-refractivity contribution in [2.24, 2.45) is 11.3 Å². The number of rotatable bonds is 2. The fraction of sp³-hybridized carbons (Fsp3) is 1.00. The lowest BCUT2D eigenvalue weighted by Crippen LogP contribution is -2.71. The zero-order valence-corrected chi connectivity index (χ0v) is 13.7. The second-order valence-electron chi connectivity index (χ2n) is 8.11. The van der Waals surface area contributed by atoms with Crippen LogP contribution >= 0.6 is 0 Å². The minimum absolute atomic E-state index is 0.103. The molecule has 5 heteroatoms. The van der Waals surface area contributed by atoms with Gasteiger partial charge in [0, 0.05) is 6.42 Å². The summed E-state index contributed by atoms with van der Waals surface area (Å²) in [6.45, 7) is 7.48. The molecule has 2 spiro atoms. The van der Waals surface area contributed by atoms with Gasteiger partial charge in [-0.1, -0.05) is 6.42 Å². The molecule has 3 heterocycles. The summed E-state index contributed by atoms with van der Waals surface area (Å²) in [5, 5.41) is 10.8. The van der Waals surface area contributed by atoms with Crippen LogP contribution in [0.25, 0.3) is 0 Å². The van der Waals surface area contributed by atoms with E-state index in [-0.39, 0.29) is 23.2 Å². The molecule has 4 nitrogen and oxygen atoms in total. The van der Waals surface area contributed by atoms with Gasteiger partial charge >= 0.3 is 0 Å². The first-order chi connectivity index (χ1) is 9.37. The van der Waals surface area contributed by atoms with Gasteiger partial charge in [0.15, 0.2) is 14.6 Å². The fourth-order valence-electron chi connectivity index (χ4n) is 5.24. The van der Waals surface area contributed by atoms with Gasteiger partial charge in [-0.3, -0.25) is 0 Å². The molecule has 1 N–H and O–H groups in total. The van der Waals surface area contributed by atoms with Crippen molar-refractivity contribution in [3.63, 3.8) is 0 Å². The van der Waals surface area contributed by atoms with Crippen molar-refractivity contribution >= 4 is 8.32 Å². The molecule has 6 atom stereocenters. The molecule has 2 aliphatic carbocycles. The summed E-state index contributed by atoms with van der Waals surface area (Å²) in [6.07, 6.45) is 5.04. The molecule has 5 aliphatic rings. The van der Waals surface area contributed by atoms with Crippen LogP contribution in [0.2, 0.25) is 19.6 Å². The molecule has 0 radical (unpaired) electrons. The van der Waals surface area contributed by atoms with Gasteiger partial charge in [-0.2, -0.15) is 0 Å². The molecule has 114 valence electrons. The molecule has 5 rings (SSSR count). The lowest BCUT2D eigenvalue weighted by atomic mass is 9.50. The van der Waals surface area contributed by atoms with Crippen molar-refractivity contribution in [1.29, 1.82) is 0 Å². The second-order valence-corrected chi connectivity index (χ2v) is 12.6. The predicted molar refractivity (Wildman–Crippen MR) is 76.8 cm³/mol. The topological polar surface area (TPSA) is 51.2 Å². The maximum Gasteiger partial charge on any atom is 0.184 e. The Morgan fingerprint density at radius 2 is 2.00 bits per heavy atom. The van der Waals surface area contributed by atoms with Crippen LogP contribution in [0.15, 0.2) is 0 Å². The number of hydrogen-bond acceptors (Lipinski definition) is 4. The van der Waals surface area contributed by atoms with Gasteiger partial charge in [-0.15, -0.1) is 0 Å². The Kier molecular flexibility index (Phi) is 2.79. The first-order valence-electron chi connectivity index (χ1n) is 8.03. The first-order valence-corrected chi connectivity index (χ1v) is 11.4. The van der Waals surface area contributed by atoms with Crippen LogP contribution in [0.1, 0.15) is 32.1 Å².